The van der Waals surface area contributed by atoms with Crippen LogP contribution >= 0.6 is 0 Å². The number of benzene rings is 1. The van der Waals surface area contributed by atoms with E-state index in [1.807, 2.05) is 64.4 Å². The number of para-hydroxylation sites is 1. The molecule has 7 nitrogen and oxygen atoms in total. The molecular weight excluding hydrogens is 340 g/mol. The lowest BCUT2D eigenvalue weighted by molar-refractivity contribution is 0.0731. The minimum absolute atomic E-state index is 0.0119. The highest BCUT2D eigenvalue weighted by molar-refractivity contribution is 6.00. The van der Waals surface area contributed by atoms with Crippen LogP contribution in [-0.4, -0.2) is 41.5 Å². The number of pyridine rings is 1. The van der Waals surface area contributed by atoms with Crippen LogP contribution < -0.4 is 0 Å². The largest absolute Gasteiger partial charge is 0.331 e. The van der Waals surface area contributed by atoms with E-state index in [1.165, 1.54) is 0 Å². The fraction of sp³-hybridized carbons (Fsp3) is 0.200. The van der Waals surface area contributed by atoms with E-state index in [-0.39, 0.29) is 11.9 Å². The number of carbonyl (C=O) groups excluding carboxylic acids is 1. The Bertz CT molecular complexity index is 1100. The summed E-state index contributed by atoms with van der Waals surface area (Å²) in [5.41, 5.74) is 3.37. The highest BCUT2D eigenvalue weighted by atomic mass is 16.2. The Hall–Kier alpha value is -3.48. The predicted molar refractivity (Wildman–Crippen MR) is 99.4 cm³/mol. The number of rotatable bonds is 5. The first kappa shape index (κ1) is 15.7. The number of hydrogen-bond donors (Lipinski definition) is 0. The molecule has 0 saturated heterocycles. The molecule has 1 aromatic carbocycles. The van der Waals surface area contributed by atoms with E-state index in [9.17, 15) is 4.79 Å². The van der Waals surface area contributed by atoms with Gasteiger partial charge in [0.25, 0.3) is 5.91 Å². The molecule has 1 aliphatic rings. The van der Waals surface area contributed by atoms with Crippen LogP contribution in [0.2, 0.25) is 0 Å². The lowest BCUT2D eigenvalue weighted by atomic mass is 10.2. The summed E-state index contributed by atoms with van der Waals surface area (Å²) in [7, 11) is 0. The SMILES string of the molecule is O=C(c1cccn2nncc12)N(Cc1cnn(-c2ccccc2)c1)C1CC1. The monoisotopic (exact) mass is 358 g/mol. The van der Waals surface area contributed by atoms with Crippen molar-refractivity contribution in [2.24, 2.45) is 0 Å². The zero-order valence-corrected chi connectivity index (χ0v) is 14.6. The van der Waals surface area contributed by atoms with Crippen LogP contribution in [0.15, 0.2) is 67.3 Å². The third kappa shape index (κ3) is 2.97. The molecule has 0 unspecified atom stereocenters. The first-order valence-electron chi connectivity index (χ1n) is 8.98. The van der Waals surface area contributed by atoms with Crippen molar-refractivity contribution in [3.63, 3.8) is 0 Å². The molecule has 0 atom stereocenters. The van der Waals surface area contributed by atoms with Gasteiger partial charge in [-0.3, -0.25) is 4.79 Å². The Kier molecular flexibility index (Phi) is 3.71. The van der Waals surface area contributed by atoms with Crippen LogP contribution in [0, 0.1) is 0 Å². The summed E-state index contributed by atoms with van der Waals surface area (Å²) in [5.74, 6) is 0.0119. The van der Waals surface area contributed by atoms with E-state index >= 15 is 0 Å². The van der Waals surface area contributed by atoms with Crippen molar-refractivity contribution in [2.75, 3.05) is 0 Å². The second-order valence-electron chi connectivity index (χ2n) is 6.78. The van der Waals surface area contributed by atoms with E-state index in [4.69, 9.17) is 0 Å². The Morgan fingerprint density at radius 2 is 1.96 bits per heavy atom. The first-order valence-corrected chi connectivity index (χ1v) is 8.98. The summed E-state index contributed by atoms with van der Waals surface area (Å²) >= 11 is 0. The Balaban J connectivity index is 1.43. The molecule has 0 spiro atoms. The summed E-state index contributed by atoms with van der Waals surface area (Å²) in [6.07, 6.45) is 9.32. The zero-order chi connectivity index (χ0) is 18.2. The number of nitrogens with zero attached hydrogens (tertiary/aromatic N) is 6. The number of hydrogen-bond acceptors (Lipinski definition) is 4. The molecule has 7 heteroatoms. The van der Waals surface area contributed by atoms with Gasteiger partial charge in [0.05, 0.1) is 29.2 Å². The van der Waals surface area contributed by atoms with Gasteiger partial charge in [0, 0.05) is 30.5 Å². The average Bonchev–Trinajstić information content (AvgIpc) is 3.24. The quantitative estimate of drug-likeness (QED) is 0.550. The Morgan fingerprint density at radius 1 is 1.11 bits per heavy atom. The molecule has 1 amide bonds. The molecule has 0 radical (unpaired) electrons. The average molecular weight is 358 g/mol. The maximum atomic E-state index is 13.2. The van der Waals surface area contributed by atoms with Gasteiger partial charge in [0.15, 0.2) is 0 Å². The van der Waals surface area contributed by atoms with Gasteiger partial charge in [-0.25, -0.2) is 9.20 Å². The van der Waals surface area contributed by atoms with E-state index in [0.717, 1.165) is 29.6 Å². The predicted octanol–water partition coefficient (Wildman–Crippen LogP) is 2.72. The van der Waals surface area contributed by atoms with Crippen molar-refractivity contribution < 1.29 is 4.79 Å². The molecule has 1 aliphatic carbocycles. The highest BCUT2D eigenvalue weighted by Gasteiger charge is 2.34. The Morgan fingerprint density at radius 3 is 2.78 bits per heavy atom. The fourth-order valence-electron chi connectivity index (χ4n) is 3.30. The molecule has 1 fully saturated rings. The lowest BCUT2D eigenvalue weighted by Crippen LogP contribution is -2.32. The minimum atomic E-state index is 0.0119. The van der Waals surface area contributed by atoms with Gasteiger partial charge in [-0.05, 0) is 37.1 Å². The maximum absolute atomic E-state index is 13.2. The molecule has 4 aromatic rings. The van der Waals surface area contributed by atoms with Crippen molar-refractivity contribution in [2.45, 2.75) is 25.4 Å². The Labute approximate surface area is 155 Å². The van der Waals surface area contributed by atoms with Crippen molar-refractivity contribution in [1.82, 2.24) is 29.5 Å². The summed E-state index contributed by atoms with van der Waals surface area (Å²) in [5, 5.41) is 12.3. The van der Waals surface area contributed by atoms with E-state index in [0.29, 0.717) is 12.1 Å². The van der Waals surface area contributed by atoms with Crippen LogP contribution in [0.3, 0.4) is 0 Å². The van der Waals surface area contributed by atoms with Gasteiger partial charge < -0.3 is 4.90 Å². The van der Waals surface area contributed by atoms with Crippen molar-refractivity contribution in [1.29, 1.82) is 0 Å². The molecular formula is C20H18N6O. The zero-order valence-electron chi connectivity index (χ0n) is 14.6. The van der Waals surface area contributed by atoms with Gasteiger partial charge in [-0.1, -0.05) is 23.4 Å². The van der Waals surface area contributed by atoms with Crippen molar-refractivity contribution in [3.05, 3.63) is 78.4 Å². The summed E-state index contributed by atoms with van der Waals surface area (Å²) in [6, 6.07) is 13.9. The smallest absolute Gasteiger partial charge is 0.256 e. The van der Waals surface area contributed by atoms with Gasteiger partial charge in [0.1, 0.15) is 0 Å². The molecule has 5 rings (SSSR count). The summed E-state index contributed by atoms with van der Waals surface area (Å²) in [6.45, 7) is 0.541. The van der Waals surface area contributed by atoms with Crippen LogP contribution in [-0.2, 0) is 6.54 Å². The highest BCUT2D eigenvalue weighted by Crippen LogP contribution is 2.30. The molecule has 3 aromatic heterocycles. The van der Waals surface area contributed by atoms with E-state index in [1.54, 1.807) is 16.9 Å². The summed E-state index contributed by atoms with van der Waals surface area (Å²) < 4.78 is 3.47. The van der Waals surface area contributed by atoms with Crippen molar-refractivity contribution in [3.8, 4) is 5.69 Å². The fourth-order valence-corrected chi connectivity index (χ4v) is 3.30. The number of aromatic nitrogens is 5. The number of fused-ring (bicyclic) bond motifs is 1. The molecule has 0 aliphatic heterocycles. The number of amides is 1. The molecule has 1 saturated carbocycles. The van der Waals surface area contributed by atoms with Crippen LogP contribution in [0.25, 0.3) is 11.2 Å². The minimum Gasteiger partial charge on any atom is -0.331 e. The number of carbonyl (C=O) groups is 1. The normalized spacial score (nSPS) is 13.8. The third-order valence-electron chi connectivity index (χ3n) is 4.83. The molecule has 27 heavy (non-hydrogen) atoms. The van der Waals surface area contributed by atoms with Crippen LogP contribution in [0.4, 0.5) is 0 Å². The van der Waals surface area contributed by atoms with Crippen molar-refractivity contribution >= 4 is 11.4 Å². The van der Waals surface area contributed by atoms with Gasteiger partial charge in [-0.2, -0.15) is 5.10 Å². The first-order chi connectivity index (χ1) is 13.3. The molecule has 0 N–H and O–H groups in total. The third-order valence-corrected chi connectivity index (χ3v) is 4.83. The maximum Gasteiger partial charge on any atom is 0.256 e. The lowest BCUT2D eigenvalue weighted by Gasteiger charge is -2.22. The van der Waals surface area contributed by atoms with Gasteiger partial charge in [0.2, 0.25) is 0 Å². The second kappa shape index (κ2) is 6.35. The molecule has 3 heterocycles. The second-order valence-corrected chi connectivity index (χ2v) is 6.78. The van der Waals surface area contributed by atoms with E-state index in [2.05, 4.69) is 15.4 Å². The van der Waals surface area contributed by atoms with E-state index < -0.39 is 0 Å². The van der Waals surface area contributed by atoms with Gasteiger partial charge in [-0.15, -0.1) is 5.10 Å². The van der Waals surface area contributed by atoms with Crippen LogP contribution in [0.5, 0.6) is 0 Å². The van der Waals surface area contributed by atoms with Crippen LogP contribution in [0.1, 0.15) is 28.8 Å². The molecule has 0 bridgehead atoms. The summed E-state index contributed by atoms with van der Waals surface area (Å²) in [4.78, 5) is 15.2. The van der Waals surface area contributed by atoms with Gasteiger partial charge >= 0.3 is 0 Å². The topological polar surface area (TPSA) is 68.3 Å². The standard InChI is InChI=1S/C20H18N6O/c27-20(18-7-4-10-25-19(18)12-21-23-25)24(16-8-9-16)13-15-11-22-26(14-15)17-5-2-1-3-6-17/h1-7,10-12,14,16H,8-9,13H2. The molecule has 134 valence electrons.